The third kappa shape index (κ3) is 4.01. The second-order valence-corrected chi connectivity index (χ2v) is 5.20. The second kappa shape index (κ2) is 7.42. The predicted octanol–water partition coefficient (Wildman–Crippen LogP) is 1.16. The average Bonchev–Trinajstić information content (AvgIpc) is 3.30. The van der Waals surface area contributed by atoms with Gasteiger partial charge in [-0.25, -0.2) is 0 Å². The molecule has 0 saturated carbocycles. The largest absolute Gasteiger partial charge is 0.497 e. The smallest absolute Gasteiger partial charge is 0.316 e. The number of hydrogen-bond acceptors (Lipinski definition) is 8. The molecule has 0 bridgehead atoms. The maximum Gasteiger partial charge on any atom is 0.316 e. The number of benzene rings is 1. The molecule has 0 atom stereocenters. The summed E-state index contributed by atoms with van der Waals surface area (Å²) in [6.45, 7) is 0.305. The minimum Gasteiger partial charge on any atom is -0.497 e. The standard InChI is InChI=1S/C15H14N6O5/c1-25-12-4-2-3-10(5-12)6-16-14(22)15-18-13(19-26-15)9-20-8-11(7-17-20)21(23)24/h2-5,7-8H,6,9H2,1H3,(H,16,22). The van der Waals surface area contributed by atoms with Crippen LogP contribution in [0.3, 0.4) is 0 Å². The first kappa shape index (κ1) is 17.1. The molecule has 0 radical (unpaired) electrons. The fraction of sp³-hybridized carbons (Fsp3) is 0.200. The fourth-order valence-corrected chi connectivity index (χ4v) is 2.13. The molecular formula is C15H14N6O5. The average molecular weight is 358 g/mol. The van der Waals surface area contributed by atoms with E-state index in [2.05, 4.69) is 20.6 Å². The van der Waals surface area contributed by atoms with Crippen molar-refractivity contribution >= 4 is 11.6 Å². The Labute approximate surface area is 146 Å². The molecule has 2 heterocycles. The van der Waals surface area contributed by atoms with Crippen LogP contribution in [0.4, 0.5) is 5.69 Å². The lowest BCUT2D eigenvalue weighted by molar-refractivity contribution is -0.385. The van der Waals surface area contributed by atoms with E-state index in [4.69, 9.17) is 9.26 Å². The van der Waals surface area contributed by atoms with Gasteiger partial charge in [0.2, 0.25) is 0 Å². The summed E-state index contributed by atoms with van der Waals surface area (Å²) in [5, 5.41) is 20.8. The second-order valence-electron chi connectivity index (χ2n) is 5.20. The van der Waals surface area contributed by atoms with Crippen molar-refractivity contribution in [3.05, 3.63) is 64.1 Å². The lowest BCUT2D eigenvalue weighted by Gasteiger charge is -2.04. The molecule has 1 N–H and O–H groups in total. The van der Waals surface area contributed by atoms with Gasteiger partial charge in [0.25, 0.3) is 0 Å². The van der Waals surface area contributed by atoms with Gasteiger partial charge in [0.05, 0.1) is 12.0 Å². The van der Waals surface area contributed by atoms with Crippen molar-refractivity contribution in [2.24, 2.45) is 0 Å². The molecule has 0 aliphatic heterocycles. The number of methoxy groups -OCH3 is 1. The van der Waals surface area contributed by atoms with E-state index in [-0.39, 0.29) is 30.5 Å². The van der Waals surface area contributed by atoms with Crippen LogP contribution in [0.2, 0.25) is 0 Å². The van der Waals surface area contributed by atoms with Crippen LogP contribution in [0.5, 0.6) is 5.75 Å². The Morgan fingerprint density at radius 3 is 3.04 bits per heavy atom. The quantitative estimate of drug-likeness (QED) is 0.490. The molecule has 0 saturated heterocycles. The van der Waals surface area contributed by atoms with Crippen LogP contribution in [-0.2, 0) is 13.1 Å². The Morgan fingerprint density at radius 1 is 1.46 bits per heavy atom. The molecule has 0 fully saturated rings. The number of nitrogens with zero attached hydrogens (tertiary/aromatic N) is 5. The summed E-state index contributed by atoms with van der Waals surface area (Å²) < 4.78 is 11.3. The molecule has 3 aromatic rings. The van der Waals surface area contributed by atoms with Crippen LogP contribution >= 0.6 is 0 Å². The highest BCUT2D eigenvalue weighted by molar-refractivity contribution is 5.89. The maximum atomic E-state index is 12.1. The Bertz CT molecular complexity index is 934. The highest BCUT2D eigenvalue weighted by atomic mass is 16.6. The Kier molecular flexibility index (Phi) is 4.87. The van der Waals surface area contributed by atoms with Crippen molar-refractivity contribution in [3.63, 3.8) is 0 Å². The molecule has 11 nitrogen and oxygen atoms in total. The summed E-state index contributed by atoms with van der Waals surface area (Å²) in [6.07, 6.45) is 2.35. The molecule has 1 aromatic carbocycles. The minimum absolute atomic E-state index is 0.0422. The van der Waals surface area contributed by atoms with Gasteiger partial charge in [0.1, 0.15) is 24.7 Å². The van der Waals surface area contributed by atoms with Crippen molar-refractivity contribution in [2.45, 2.75) is 13.1 Å². The zero-order valence-electron chi connectivity index (χ0n) is 13.7. The Hall–Kier alpha value is -3.76. The van der Waals surface area contributed by atoms with E-state index < -0.39 is 10.8 Å². The van der Waals surface area contributed by atoms with Crippen molar-refractivity contribution in [1.82, 2.24) is 25.2 Å². The van der Waals surface area contributed by atoms with E-state index in [1.54, 1.807) is 19.2 Å². The third-order valence-electron chi connectivity index (χ3n) is 3.38. The number of nitro groups is 1. The van der Waals surface area contributed by atoms with Gasteiger partial charge in [-0.2, -0.15) is 10.1 Å². The number of hydrogen-bond donors (Lipinski definition) is 1. The number of carbonyl (C=O) groups excluding carboxylic acids is 1. The molecule has 3 rings (SSSR count). The summed E-state index contributed by atoms with van der Waals surface area (Å²) in [4.78, 5) is 26.1. The normalized spacial score (nSPS) is 10.5. The zero-order chi connectivity index (χ0) is 18.5. The molecule has 26 heavy (non-hydrogen) atoms. The SMILES string of the molecule is COc1cccc(CNC(=O)c2nc(Cn3cc([N+](=O)[O-])cn3)no2)c1. The number of rotatable bonds is 7. The summed E-state index contributed by atoms with van der Waals surface area (Å²) in [6, 6.07) is 7.25. The van der Waals surface area contributed by atoms with E-state index in [0.29, 0.717) is 5.75 Å². The summed E-state index contributed by atoms with van der Waals surface area (Å²) >= 11 is 0. The van der Waals surface area contributed by atoms with E-state index >= 15 is 0 Å². The van der Waals surface area contributed by atoms with Gasteiger partial charge in [-0.3, -0.25) is 19.6 Å². The van der Waals surface area contributed by atoms with Crippen LogP contribution in [0.25, 0.3) is 0 Å². The first-order chi connectivity index (χ1) is 12.5. The van der Waals surface area contributed by atoms with Gasteiger partial charge in [-0.05, 0) is 17.7 Å². The number of carbonyl (C=O) groups is 1. The van der Waals surface area contributed by atoms with E-state index in [1.807, 2.05) is 12.1 Å². The van der Waals surface area contributed by atoms with E-state index in [9.17, 15) is 14.9 Å². The minimum atomic E-state index is -0.558. The Balaban J connectivity index is 1.59. The number of ether oxygens (including phenoxy) is 1. The van der Waals surface area contributed by atoms with E-state index in [0.717, 1.165) is 11.8 Å². The van der Waals surface area contributed by atoms with Gasteiger partial charge < -0.3 is 14.6 Å². The van der Waals surface area contributed by atoms with Gasteiger partial charge in [0, 0.05) is 6.54 Å². The molecule has 2 aromatic heterocycles. The Morgan fingerprint density at radius 2 is 2.31 bits per heavy atom. The van der Waals surface area contributed by atoms with Crippen molar-refractivity contribution in [3.8, 4) is 5.75 Å². The van der Waals surface area contributed by atoms with Crippen LogP contribution in [0.1, 0.15) is 22.1 Å². The molecule has 0 unspecified atom stereocenters. The molecule has 1 amide bonds. The monoisotopic (exact) mass is 358 g/mol. The van der Waals surface area contributed by atoms with Crippen molar-refractivity contribution < 1.29 is 19.0 Å². The van der Waals surface area contributed by atoms with Crippen LogP contribution in [0.15, 0.2) is 41.2 Å². The fourth-order valence-electron chi connectivity index (χ4n) is 2.13. The maximum absolute atomic E-state index is 12.1. The number of aromatic nitrogens is 4. The number of amides is 1. The summed E-state index contributed by atoms with van der Waals surface area (Å²) in [7, 11) is 1.56. The van der Waals surface area contributed by atoms with Crippen LogP contribution in [0, 0.1) is 10.1 Å². The summed E-state index contributed by atoms with van der Waals surface area (Å²) in [5.74, 6) is 0.127. The molecule has 0 aliphatic rings. The first-order valence-electron chi connectivity index (χ1n) is 7.45. The van der Waals surface area contributed by atoms with Gasteiger partial charge in [-0.1, -0.05) is 17.3 Å². The first-order valence-corrected chi connectivity index (χ1v) is 7.45. The lowest BCUT2D eigenvalue weighted by Crippen LogP contribution is -2.23. The van der Waals surface area contributed by atoms with Crippen LogP contribution in [-0.4, -0.2) is 37.9 Å². The molecule has 11 heteroatoms. The third-order valence-corrected chi connectivity index (χ3v) is 3.38. The van der Waals surface area contributed by atoms with Gasteiger partial charge >= 0.3 is 17.5 Å². The molecule has 0 aliphatic carbocycles. The van der Waals surface area contributed by atoms with Crippen molar-refractivity contribution in [2.75, 3.05) is 7.11 Å². The topological polar surface area (TPSA) is 138 Å². The van der Waals surface area contributed by atoms with Crippen LogP contribution < -0.4 is 10.1 Å². The highest BCUT2D eigenvalue weighted by Gasteiger charge is 2.16. The van der Waals surface area contributed by atoms with Crippen molar-refractivity contribution in [1.29, 1.82) is 0 Å². The lowest BCUT2D eigenvalue weighted by atomic mass is 10.2. The predicted molar refractivity (Wildman–Crippen MR) is 86.4 cm³/mol. The molecular weight excluding hydrogens is 344 g/mol. The van der Waals surface area contributed by atoms with Gasteiger partial charge in [0.15, 0.2) is 5.82 Å². The molecule has 0 spiro atoms. The number of nitrogens with one attached hydrogen (secondary N) is 1. The molecule has 134 valence electrons. The zero-order valence-corrected chi connectivity index (χ0v) is 13.7. The summed E-state index contributed by atoms with van der Waals surface area (Å²) in [5.41, 5.74) is 0.700. The highest BCUT2D eigenvalue weighted by Crippen LogP contribution is 2.12. The van der Waals surface area contributed by atoms with E-state index in [1.165, 1.54) is 10.9 Å². The van der Waals surface area contributed by atoms with Gasteiger partial charge in [-0.15, -0.1) is 0 Å².